The van der Waals surface area contributed by atoms with Crippen LogP contribution in [0.3, 0.4) is 0 Å². The van der Waals surface area contributed by atoms with E-state index >= 15 is 0 Å². The minimum atomic E-state index is 0.279. The fourth-order valence-electron chi connectivity index (χ4n) is 0.463. The fourth-order valence-corrected chi connectivity index (χ4v) is 0.463. The van der Waals surface area contributed by atoms with E-state index in [9.17, 15) is 0 Å². The molecule has 7 heavy (non-hydrogen) atoms. The van der Waals surface area contributed by atoms with Crippen molar-refractivity contribution in [2.45, 2.75) is 6.90 Å². The summed E-state index contributed by atoms with van der Waals surface area (Å²) < 4.78 is 8.58. The molecular weight excluding hydrogens is 88.1 g/mol. The summed E-state index contributed by atoms with van der Waals surface area (Å²) in [6, 6.07) is 1.84. The van der Waals surface area contributed by atoms with Crippen LogP contribution in [0.2, 0.25) is 0 Å². The number of rotatable bonds is 0. The van der Waals surface area contributed by atoms with Gasteiger partial charge in [0, 0.05) is 14.6 Å². The van der Waals surface area contributed by atoms with Gasteiger partial charge in [0.2, 0.25) is 0 Å². The third-order valence-electron chi connectivity index (χ3n) is 0.769. The van der Waals surface area contributed by atoms with Crippen LogP contribution in [0.15, 0.2) is 12.3 Å². The predicted molar refractivity (Wildman–Crippen MR) is 27.9 cm³/mol. The van der Waals surface area contributed by atoms with Crippen LogP contribution in [0.1, 0.15) is 7.06 Å². The van der Waals surface area contributed by atoms with E-state index in [-0.39, 0.29) is 6.90 Å². The van der Waals surface area contributed by atoms with Gasteiger partial charge < -0.3 is 0 Å². The van der Waals surface area contributed by atoms with Crippen LogP contribution >= 0.6 is 0 Å². The molecule has 0 radical (unpaired) electrons. The van der Waals surface area contributed by atoms with E-state index < -0.39 is 0 Å². The van der Waals surface area contributed by atoms with Crippen molar-refractivity contribution in [1.29, 1.82) is 0 Å². The zero-order chi connectivity index (χ0) is 5.98. The minimum absolute atomic E-state index is 0.279. The highest BCUT2D eigenvalue weighted by Gasteiger charge is 1.81. The Kier molecular flexibility index (Phi) is 0.635. The van der Waals surface area contributed by atoms with Crippen molar-refractivity contribution < 1.29 is 1.37 Å². The van der Waals surface area contributed by atoms with Gasteiger partial charge in [0.25, 0.3) is 0 Å². The summed E-state index contributed by atoms with van der Waals surface area (Å²) in [5.74, 6) is 0. The van der Waals surface area contributed by atoms with E-state index in [0.29, 0.717) is 0 Å². The molecule has 0 aliphatic rings. The second kappa shape index (κ2) is 1.37. The Morgan fingerprint density at radius 1 is 2.00 bits per heavy atom. The van der Waals surface area contributed by atoms with E-state index in [1.807, 2.05) is 19.3 Å². The number of hydrogen-bond donors (Lipinski definition) is 0. The Hall–Kier alpha value is -0.790. The van der Waals surface area contributed by atoms with E-state index in [0.717, 1.165) is 5.69 Å². The summed E-state index contributed by atoms with van der Waals surface area (Å²) in [7, 11) is 1.85. The molecule has 0 saturated carbocycles. The molecule has 2 heteroatoms. The molecule has 1 rings (SSSR count). The average Bonchev–Trinajstić information content (AvgIpc) is 2.14. The molecule has 2 nitrogen and oxygen atoms in total. The molecule has 0 aromatic carbocycles. The molecule has 0 amide bonds. The quantitative estimate of drug-likeness (QED) is 0.466. The summed E-state index contributed by atoms with van der Waals surface area (Å²) in [4.78, 5) is 0. The number of aromatic nitrogens is 2. The Balaban J connectivity index is 2.84. The molecule has 1 aromatic heterocycles. The van der Waals surface area contributed by atoms with Crippen LogP contribution in [0, 0.1) is 6.90 Å². The molecule has 0 N–H and O–H groups in total. The van der Waals surface area contributed by atoms with Crippen LogP contribution in [0.4, 0.5) is 0 Å². The Morgan fingerprint density at radius 3 is 3.14 bits per heavy atom. The van der Waals surface area contributed by atoms with Crippen LogP contribution in [-0.2, 0) is 7.05 Å². The summed E-state index contributed by atoms with van der Waals surface area (Å²) in [5.41, 5.74) is 0.826. The second-order valence-electron chi connectivity index (χ2n) is 1.48. The number of nitrogens with zero attached hydrogens (tertiary/aromatic N) is 2. The molecule has 0 unspecified atom stereocenters. The molecule has 0 aliphatic heterocycles. The van der Waals surface area contributed by atoms with Gasteiger partial charge in [-0.15, -0.1) is 0 Å². The lowest BCUT2D eigenvalue weighted by Crippen LogP contribution is -1.86. The SMILES string of the molecule is [2H]Cc1ccn(C)n1. The molecule has 0 saturated heterocycles. The van der Waals surface area contributed by atoms with E-state index in [1.54, 1.807) is 4.68 Å². The van der Waals surface area contributed by atoms with Gasteiger partial charge in [0.1, 0.15) is 0 Å². The zero-order valence-corrected chi connectivity index (χ0v) is 4.26. The van der Waals surface area contributed by atoms with Crippen LogP contribution in [0.25, 0.3) is 0 Å². The van der Waals surface area contributed by atoms with Gasteiger partial charge in [-0.1, -0.05) is 0 Å². The summed E-state index contributed by atoms with van der Waals surface area (Å²) in [5, 5.41) is 3.96. The maximum absolute atomic E-state index is 6.88. The molecule has 0 aliphatic carbocycles. The summed E-state index contributed by atoms with van der Waals surface area (Å²) in [6.07, 6.45) is 1.84. The maximum atomic E-state index is 6.88. The van der Waals surface area contributed by atoms with Crippen LogP contribution in [-0.4, -0.2) is 9.78 Å². The van der Waals surface area contributed by atoms with E-state index in [1.165, 1.54) is 0 Å². The van der Waals surface area contributed by atoms with Crippen molar-refractivity contribution >= 4 is 0 Å². The highest BCUT2D eigenvalue weighted by Crippen LogP contribution is 1.86. The van der Waals surface area contributed by atoms with Crippen molar-refractivity contribution in [3.05, 3.63) is 18.0 Å². The first-order chi connectivity index (χ1) is 3.83. The van der Waals surface area contributed by atoms with Gasteiger partial charge in [-0.3, -0.25) is 4.68 Å². The average molecular weight is 97.1 g/mol. The van der Waals surface area contributed by atoms with Crippen molar-refractivity contribution in [2.24, 2.45) is 7.05 Å². The minimum Gasteiger partial charge on any atom is -0.276 e. The topological polar surface area (TPSA) is 17.8 Å². The van der Waals surface area contributed by atoms with Gasteiger partial charge in [0.05, 0.1) is 5.69 Å². The van der Waals surface area contributed by atoms with Crippen molar-refractivity contribution in [3.63, 3.8) is 0 Å². The highest BCUT2D eigenvalue weighted by molar-refractivity contribution is 4.93. The number of hydrogen-bond acceptors (Lipinski definition) is 1. The lowest BCUT2D eigenvalue weighted by Gasteiger charge is -1.79. The lowest BCUT2D eigenvalue weighted by molar-refractivity contribution is 0.756. The third-order valence-corrected chi connectivity index (χ3v) is 0.769. The second-order valence-corrected chi connectivity index (χ2v) is 1.48. The van der Waals surface area contributed by atoms with Crippen molar-refractivity contribution in [2.75, 3.05) is 0 Å². The first-order valence-electron chi connectivity index (χ1n) is 2.81. The van der Waals surface area contributed by atoms with Crippen molar-refractivity contribution in [1.82, 2.24) is 9.78 Å². The van der Waals surface area contributed by atoms with E-state index in [4.69, 9.17) is 1.37 Å². The predicted octanol–water partition coefficient (Wildman–Crippen LogP) is 0.729. The van der Waals surface area contributed by atoms with E-state index in [2.05, 4.69) is 5.10 Å². The molecule has 1 heterocycles. The maximum Gasteiger partial charge on any atom is 0.0593 e. The zero-order valence-electron chi connectivity index (χ0n) is 5.26. The normalized spacial score (nSPS) is 11.3. The highest BCUT2D eigenvalue weighted by atomic mass is 15.2. The molecule has 38 valence electrons. The monoisotopic (exact) mass is 97.1 g/mol. The smallest absolute Gasteiger partial charge is 0.0593 e. The lowest BCUT2D eigenvalue weighted by atomic mass is 10.5. The Bertz CT molecular complexity index is 171. The molecule has 0 bridgehead atoms. The first kappa shape index (κ1) is 3.24. The molecule has 0 fully saturated rings. The summed E-state index contributed by atoms with van der Waals surface area (Å²) >= 11 is 0. The van der Waals surface area contributed by atoms with Gasteiger partial charge >= 0.3 is 0 Å². The molecular formula is C5H8N2. The van der Waals surface area contributed by atoms with Gasteiger partial charge in [0.15, 0.2) is 0 Å². The van der Waals surface area contributed by atoms with Gasteiger partial charge in [-0.2, -0.15) is 5.10 Å². The van der Waals surface area contributed by atoms with Gasteiger partial charge in [-0.05, 0) is 13.0 Å². The van der Waals surface area contributed by atoms with Gasteiger partial charge in [-0.25, -0.2) is 0 Å². The largest absolute Gasteiger partial charge is 0.276 e. The Labute approximate surface area is 44.2 Å². The fraction of sp³-hybridized carbons (Fsp3) is 0.400. The first-order valence-corrected chi connectivity index (χ1v) is 2.10. The molecule has 1 aromatic rings. The number of aryl methyl sites for hydroxylation is 2. The van der Waals surface area contributed by atoms with Crippen molar-refractivity contribution in [3.8, 4) is 0 Å². The molecule has 0 spiro atoms. The molecule has 0 atom stereocenters. The third kappa shape index (κ3) is 0.796. The standard InChI is InChI=1S/C5H8N2/c1-5-3-4-7(2)6-5/h3-4H,1-2H3/i1D. The van der Waals surface area contributed by atoms with Crippen LogP contribution < -0.4 is 0 Å². The van der Waals surface area contributed by atoms with Crippen LogP contribution in [0.5, 0.6) is 0 Å². The summed E-state index contributed by atoms with van der Waals surface area (Å²) in [6.45, 7) is 0.279. The Morgan fingerprint density at radius 2 is 2.86 bits per heavy atom.